The van der Waals surface area contributed by atoms with Crippen LogP contribution >= 0.6 is 23.1 Å². The normalized spacial score (nSPS) is 16.2. The molecule has 2 aromatic carbocycles. The zero-order chi connectivity index (χ0) is 27.8. The zero-order valence-electron chi connectivity index (χ0n) is 23.2. The molecule has 0 bridgehead atoms. The van der Waals surface area contributed by atoms with E-state index in [0.29, 0.717) is 18.2 Å². The number of carbonyl (C=O) groups is 1. The van der Waals surface area contributed by atoms with Crippen LogP contribution in [0.3, 0.4) is 0 Å². The van der Waals surface area contributed by atoms with Gasteiger partial charge in [-0.15, -0.1) is 11.3 Å². The number of benzene rings is 2. The minimum absolute atomic E-state index is 0.0220. The van der Waals surface area contributed by atoms with Gasteiger partial charge in [0.15, 0.2) is 5.16 Å². The molecule has 1 saturated heterocycles. The van der Waals surface area contributed by atoms with Crippen LogP contribution in [0.25, 0.3) is 15.9 Å². The van der Waals surface area contributed by atoms with E-state index in [1.165, 1.54) is 22.2 Å². The summed E-state index contributed by atoms with van der Waals surface area (Å²) in [6.45, 7) is 6.69. The zero-order valence-corrected chi connectivity index (χ0v) is 24.8. The van der Waals surface area contributed by atoms with Gasteiger partial charge in [-0.3, -0.25) is 14.2 Å². The molecule has 7 nitrogen and oxygen atoms in total. The molecular formula is C31H34N4O3S2. The second-order valence-electron chi connectivity index (χ2n) is 10.5. The van der Waals surface area contributed by atoms with Crippen LogP contribution in [0.1, 0.15) is 35.8 Å². The number of thiophene rings is 1. The third kappa shape index (κ3) is 4.90. The first-order valence-corrected chi connectivity index (χ1v) is 15.6. The Balaban J connectivity index is 1.28. The van der Waals surface area contributed by atoms with Crippen molar-refractivity contribution in [3.8, 4) is 11.4 Å². The molecule has 1 fully saturated rings. The molecule has 3 heterocycles. The first-order valence-electron chi connectivity index (χ1n) is 13.9. The van der Waals surface area contributed by atoms with Crippen LogP contribution in [-0.4, -0.2) is 58.9 Å². The van der Waals surface area contributed by atoms with Gasteiger partial charge in [0.25, 0.3) is 5.56 Å². The van der Waals surface area contributed by atoms with E-state index in [1.54, 1.807) is 23.0 Å². The minimum Gasteiger partial charge on any atom is -0.495 e. The maximum absolute atomic E-state index is 14.1. The van der Waals surface area contributed by atoms with Crippen molar-refractivity contribution >= 4 is 44.9 Å². The average molecular weight is 575 g/mol. The largest absolute Gasteiger partial charge is 0.495 e. The number of nitrogens with zero attached hydrogens (tertiary/aromatic N) is 4. The molecule has 6 rings (SSSR count). The van der Waals surface area contributed by atoms with Gasteiger partial charge in [0, 0.05) is 31.1 Å². The fraction of sp³-hybridized carbons (Fsp3) is 0.387. The maximum atomic E-state index is 14.1. The Morgan fingerprint density at radius 1 is 1.00 bits per heavy atom. The van der Waals surface area contributed by atoms with Crippen LogP contribution in [0.4, 0.5) is 5.69 Å². The molecule has 40 heavy (non-hydrogen) atoms. The van der Waals surface area contributed by atoms with Crippen molar-refractivity contribution in [1.29, 1.82) is 0 Å². The summed E-state index contributed by atoms with van der Waals surface area (Å²) in [5, 5.41) is 0.963. The summed E-state index contributed by atoms with van der Waals surface area (Å²) in [7, 11) is 1.69. The first kappa shape index (κ1) is 26.9. The lowest BCUT2D eigenvalue weighted by atomic mass is 9.97. The number of hydrogen-bond donors (Lipinski definition) is 0. The second kappa shape index (κ2) is 11.3. The fourth-order valence-electron chi connectivity index (χ4n) is 5.82. The van der Waals surface area contributed by atoms with Crippen molar-refractivity contribution in [3.63, 3.8) is 0 Å². The summed E-state index contributed by atoms with van der Waals surface area (Å²) in [6.07, 6.45) is 4.21. The third-order valence-corrected chi connectivity index (χ3v) is 10.2. The minimum atomic E-state index is -0.382. The molecule has 0 saturated carbocycles. The highest BCUT2D eigenvalue weighted by atomic mass is 32.2. The van der Waals surface area contributed by atoms with E-state index in [9.17, 15) is 9.59 Å². The summed E-state index contributed by atoms with van der Waals surface area (Å²) in [5.41, 5.74) is 4.04. The standard InChI is InChI=1S/C31H34N4O3S2/c1-20-10-4-6-12-23(20)35-30(37)27-22-11-5-9-15-26(22)40-28(27)32-31(35)39-21(2)29(36)34-18-16-33(17-19-34)24-13-7-8-14-25(24)38-3/h4,6-8,10,12-14,21H,5,9,11,15-19H2,1-3H3. The van der Waals surface area contributed by atoms with Gasteiger partial charge < -0.3 is 14.5 Å². The molecule has 1 amide bonds. The van der Waals surface area contributed by atoms with Gasteiger partial charge in [-0.25, -0.2) is 4.98 Å². The van der Waals surface area contributed by atoms with E-state index >= 15 is 0 Å². The van der Waals surface area contributed by atoms with Crippen molar-refractivity contribution in [2.24, 2.45) is 0 Å². The summed E-state index contributed by atoms with van der Waals surface area (Å²) >= 11 is 3.04. The second-order valence-corrected chi connectivity index (χ2v) is 12.8. The van der Waals surface area contributed by atoms with Crippen molar-refractivity contribution < 1.29 is 9.53 Å². The number of thioether (sulfide) groups is 1. The van der Waals surface area contributed by atoms with E-state index in [-0.39, 0.29) is 16.7 Å². The number of ether oxygens (including phenoxy) is 1. The number of anilines is 1. The number of aryl methyl sites for hydroxylation is 3. The summed E-state index contributed by atoms with van der Waals surface area (Å²) < 4.78 is 7.28. The monoisotopic (exact) mass is 574 g/mol. The number of methoxy groups -OCH3 is 1. The summed E-state index contributed by atoms with van der Waals surface area (Å²) in [6, 6.07) is 15.9. The molecule has 2 aromatic heterocycles. The summed E-state index contributed by atoms with van der Waals surface area (Å²) in [4.78, 5) is 39.1. The molecule has 2 aliphatic rings. The molecule has 208 valence electrons. The highest BCUT2D eigenvalue weighted by molar-refractivity contribution is 8.00. The van der Waals surface area contributed by atoms with Gasteiger partial charge in [-0.05, 0) is 68.9 Å². The third-order valence-electron chi connectivity index (χ3n) is 7.96. The lowest BCUT2D eigenvalue weighted by Gasteiger charge is -2.37. The van der Waals surface area contributed by atoms with Crippen molar-refractivity contribution in [1.82, 2.24) is 14.5 Å². The Morgan fingerprint density at radius 2 is 1.70 bits per heavy atom. The molecule has 0 radical (unpaired) electrons. The van der Waals surface area contributed by atoms with Crippen molar-refractivity contribution in [2.45, 2.75) is 49.9 Å². The van der Waals surface area contributed by atoms with E-state index in [4.69, 9.17) is 9.72 Å². The summed E-state index contributed by atoms with van der Waals surface area (Å²) in [5.74, 6) is 0.915. The van der Waals surface area contributed by atoms with Crippen LogP contribution in [0.5, 0.6) is 5.75 Å². The van der Waals surface area contributed by atoms with Gasteiger partial charge >= 0.3 is 0 Å². The highest BCUT2D eigenvalue weighted by Crippen LogP contribution is 2.36. The van der Waals surface area contributed by atoms with Gasteiger partial charge in [0.05, 0.1) is 29.1 Å². The lowest BCUT2D eigenvalue weighted by molar-refractivity contribution is -0.130. The molecule has 9 heteroatoms. The SMILES string of the molecule is COc1ccccc1N1CCN(C(=O)C(C)Sc2nc3sc4c(c3c(=O)n2-c2ccccc2C)CCCC4)CC1. The van der Waals surface area contributed by atoms with Gasteiger partial charge in [0.1, 0.15) is 10.6 Å². The van der Waals surface area contributed by atoms with Crippen LogP contribution in [0.2, 0.25) is 0 Å². The number of carbonyl (C=O) groups excluding carboxylic acids is 1. The Labute approximate surface area is 242 Å². The molecule has 1 unspecified atom stereocenters. The quantitative estimate of drug-likeness (QED) is 0.225. The molecule has 1 aliphatic carbocycles. The first-order chi connectivity index (χ1) is 19.5. The Morgan fingerprint density at radius 3 is 2.45 bits per heavy atom. The van der Waals surface area contributed by atoms with E-state index in [2.05, 4.69) is 11.0 Å². The number of amides is 1. The molecule has 1 atom stereocenters. The predicted octanol–water partition coefficient (Wildman–Crippen LogP) is 5.47. The number of para-hydroxylation sites is 3. The van der Waals surface area contributed by atoms with Crippen LogP contribution in [-0.2, 0) is 17.6 Å². The van der Waals surface area contributed by atoms with Crippen molar-refractivity contribution in [2.75, 3.05) is 38.2 Å². The van der Waals surface area contributed by atoms with Crippen LogP contribution < -0.4 is 15.2 Å². The molecular weight excluding hydrogens is 541 g/mol. The maximum Gasteiger partial charge on any atom is 0.267 e. The molecule has 4 aromatic rings. The van der Waals surface area contributed by atoms with E-state index < -0.39 is 0 Å². The molecule has 0 N–H and O–H groups in total. The van der Waals surface area contributed by atoms with Crippen molar-refractivity contribution in [3.05, 3.63) is 74.9 Å². The van der Waals surface area contributed by atoms with E-state index in [0.717, 1.165) is 71.7 Å². The Kier molecular flexibility index (Phi) is 7.59. The predicted molar refractivity (Wildman–Crippen MR) is 164 cm³/mol. The van der Waals surface area contributed by atoms with Gasteiger partial charge in [-0.2, -0.15) is 0 Å². The highest BCUT2D eigenvalue weighted by Gasteiger charge is 2.29. The Hall–Kier alpha value is -3.30. The molecule has 0 spiro atoms. The number of hydrogen-bond acceptors (Lipinski definition) is 7. The van der Waals surface area contributed by atoms with Crippen LogP contribution in [0.15, 0.2) is 58.5 Å². The number of piperazine rings is 1. The van der Waals surface area contributed by atoms with Gasteiger partial charge in [0.2, 0.25) is 5.91 Å². The topological polar surface area (TPSA) is 67.7 Å². The fourth-order valence-corrected chi connectivity index (χ4v) is 8.12. The van der Waals surface area contributed by atoms with E-state index in [1.807, 2.05) is 61.2 Å². The average Bonchev–Trinajstić information content (AvgIpc) is 3.36. The number of rotatable bonds is 6. The number of fused-ring (bicyclic) bond motifs is 3. The Bertz CT molecular complexity index is 1620. The number of aromatic nitrogens is 2. The molecule has 1 aliphatic heterocycles. The van der Waals surface area contributed by atoms with Crippen LogP contribution in [0, 0.1) is 6.92 Å². The smallest absolute Gasteiger partial charge is 0.267 e. The lowest BCUT2D eigenvalue weighted by Crippen LogP contribution is -2.50. The van der Waals surface area contributed by atoms with Gasteiger partial charge in [-0.1, -0.05) is 42.1 Å².